The minimum atomic E-state index is -2.00. The third-order valence-corrected chi connectivity index (χ3v) is 10.4. The Morgan fingerprint density at radius 3 is 1.90 bits per heavy atom. The Morgan fingerprint density at radius 2 is 1.55 bits per heavy atom. The fraction of sp³-hybridized carbons (Fsp3) is 0.933. The molecule has 0 aliphatic heterocycles. The van der Waals surface area contributed by atoms with Crippen LogP contribution in [0, 0.1) is 5.41 Å². The van der Waals surface area contributed by atoms with Crippen molar-refractivity contribution in [1.82, 2.24) is 0 Å². The Balaban J connectivity index is 4.57. The van der Waals surface area contributed by atoms with Crippen molar-refractivity contribution in [3.63, 3.8) is 0 Å². The molecule has 0 saturated heterocycles. The molecule has 0 spiro atoms. The predicted molar refractivity (Wildman–Crippen MR) is 90.8 cm³/mol. The topological polar surface area (TPSA) is 46.5 Å². The molecule has 0 bridgehead atoms. The molecule has 0 unspecified atom stereocenters. The van der Waals surface area contributed by atoms with Gasteiger partial charge >= 0.3 is 0 Å². The summed E-state index contributed by atoms with van der Waals surface area (Å²) in [5, 5.41) is 0. The molecule has 20 heavy (non-hydrogen) atoms. The van der Waals surface area contributed by atoms with Crippen molar-refractivity contribution in [2.75, 3.05) is 0 Å². The molecule has 5 heteroatoms. The lowest BCUT2D eigenvalue weighted by molar-refractivity contribution is -0.145. The van der Waals surface area contributed by atoms with Crippen LogP contribution in [0.5, 0.6) is 0 Å². The smallest absolute Gasteiger partial charge is 0.298 e. The molecule has 0 saturated carbocycles. The number of carbonyl (C=O) groups is 1. The Labute approximate surface area is 127 Å². The van der Waals surface area contributed by atoms with Crippen molar-refractivity contribution in [2.45, 2.75) is 84.7 Å². The number of rotatable bonds is 9. The van der Waals surface area contributed by atoms with E-state index in [2.05, 4.69) is 20.8 Å². The van der Waals surface area contributed by atoms with Crippen molar-refractivity contribution in [2.24, 2.45) is 5.41 Å². The average Bonchev–Trinajstić information content (AvgIpc) is 2.34. The van der Waals surface area contributed by atoms with Crippen LogP contribution in [-0.2, 0) is 9.22 Å². The van der Waals surface area contributed by atoms with Crippen LogP contribution in [-0.4, -0.2) is 27.4 Å². The minimum absolute atomic E-state index is 0.0351. The van der Waals surface area contributed by atoms with E-state index in [4.69, 9.17) is 4.43 Å². The first-order valence-electron chi connectivity index (χ1n) is 7.98. The van der Waals surface area contributed by atoms with E-state index < -0.39 is 22.0 Å². The van der Waals surface area contributed by atoms with E-state index in [0.29, 0.717) is 0 Å². The van der Waals surface area contributed by atoms with Gasteiger partial charge < -0.3 is 9.22 Å². The van der Waals surface area contributed by atoms with Gasteiger partial charge in [0.2, 0.25) is 0 Å². The molecule has 0 rings (SSSR count). The predicted octanol–water partition coefficient (Wildman–Crippen LogP) is 4.54. The standard InChI is InChI=1S/C15H34O3Si2/c1-8-20(9-2,10-3)18-14(16)15(4,5)12-11-13-19(6,7)17/h17H,8-13H2,1-7H3. The van der Waals surface area contributed by atoms with Gasteiger partial charge in [-0.1, -0.05) is 27.2 Å². The lowest BCUT2D eigenvalue weighted by Gasteiger charge is -2.33. The van der Waals surface area contributed by atoms with Gasteiger partial charge in [0.15, 0.2) is 8.32 Å². The van der Waals surface area contributed by atoms with E-state index in [1.165, 1.54) is 0 Å². The average molecular weight is 319 g/mol. The Kier molecular flexibility index (Phi) is 7.70. The zero-order valence-corrected chi connectivity index (χ0v) is 16.5. The fourth-order valence-electron chi connectivity index (χ4n) is 2.37. The van der Waals surface area contributed by atoms with Gasteiger partial charge in [-0.15, -0.1) is 0 Å². The first kappa shape index (κ1) is 19.9. The van der Waals surface area contributed by atoms with Crippen molar-refractivity contribution in [1.29, 1.82) is 0 Å². The van der Waals surface area contributed by atoms with E-state index in [1.807, 2.05) is 26.9 Å². The molecule has 0 aliphatic carbocycles. The normalized spacial score (nSPS) is 13.4. The van der Waals surface area contributed by atoms with Crippen LogP contribution in [0.3, 0.4) is 0 Å². The highest BCUT2D eigenvalue weighted by molar-refractivity contribution is 6.75. The molecule has 0 aromatic heterocycles. The third kappa shape index (κ3) is 6.54. The maximum atomic E-state index is 12.5. The number of hydrogen-bond donors (Lipinski definition) is 1. The largest absolute Gasteiger partial charge is 0.519 e. The molecule has 0 radical (unpaired) electrons. The van der Waals surface area contributed by atoms with Crippen LogP contribution in [0.2, 0.25) is 37.3 Å². The van der Waals surface area contributed by atoms with Crippen molar-refractivity contribution >= 4 is 22.6 Å². The molecule has 3 nitrogen and oxygen atoms in total. The van der Waals surface area contributed by atoms with Crippen LogP contribution in [0.1, 0.15) is 47.5 Å². The molecule has 0 aromatic rings. The fourth-order valence-corrected chi connectivity index (χ4v) is 6.01. The molecule has 1 N–H and O–H groups in total. The van der Waals surface area contributed by atoms with Gasteiger partial charge in [0.1, 0.15) is 0 Å². The second-order valence-corrected chi connectivity index (χ2v) is 16.0. The first-order chi connectivity index (χ1) is 9.02. The second-order valence-electron chi connectivity index (χ2n) is 7.18. The summed E-state index contributed by atoms with van der Waals surface area (Å²) in [4.78, 5) is 22.4. The number of hydrogen-bond acceptors (Lipinski definition) is 3. The zero-order chi connectivity index (χ0) is 16.0. The maximum Gasteiger partial charge on any atom is 0.298 e. The molecule has 0 aromatic carbocycles. The maximum absolute atomic E-state index is 12.5. The van der Waals surface area contributed by atoms with Gasteiger partial charge in [-0.25, -0.2) is 0 Å². The van der Waals surface area contributed by atoms with Crippen molar-refractivity contribution < 1.29 is 14.0 Å². The highest BCUT2D eigenvalue weighted by atomic mass is 28.4. The summed E-state index contributed by atoms with van der Waals surface area (Å²) in [7, 11) is -3.86. The van der Waals surface area contributed by atoms with E-state index in [9.17, 15) is 9.59 Å². The monoisotopic (exact) mass is 318 g/mol. The SMILES string of the molecule is CC[Si](CC)(CC)OC(=O)C(C)(C)CCC[Si](C)(C)O. The highest BCUT2D eigenvalue weighted by Gasteiger charge is 2.38. The summed E-state index contributed by atoms with van der Waals surface area (Å²) in [5.41, 5.74) is -0.433. The molecule has 0 amide bonds. The number of carbonyl (C=O) groups excluding carboxylic acids is 1. The second kappa shape index (κ2) is 7.75. The van der Waals surface area contributed by atoms with Gasteiger partial charge in [0.25, 0.3) is 14.3 Å². The summed E-state index contributed by atoms with van der Waals surface area (Å²) < 4.78 is 5.98. The van der Waals surface area contributed by atoms with Crippen LogP contribution < -0.4 is 0 Å². The van der Waals surface area contributed by atoms with Crippen LogP contribution in [0.4, 0.5) is 0 Å². The Bertz CT molecular complexity index is 296. The first-order valence-corrected chi connectivity index (χ1v) is 13.7. The molecular formula is C15H34O3Si2. The Hall–Kier alpha value is -0.136. The zero-order valence-electron chi connectivity index (χ0n) is 14.5. The molecule has 0 aliphatic rings. The lowest BCUT2D eigenvalue weighted by atomic mass is 9.88. The highest BCUT2D eigenvalue weighted by Crippen LogP contribution is 2.31. The van der Waals surface area contributed by atoms with Gasteiger partial charge in [-0.2, -0.15) is 0 Å². The molecular weight excluding hydrogens is 284 g/mol. The summed E-state index contributed by atoms with van der Waals surface area (Å²) in [6.07, 6.45) is 1.70. The molecule has 0 heterocycles. The van der Waals surface area contributed by atoms with E-state index in [-0.39, 0.29) is 5.97 Å². The molecule has 0 fully saturated rings. The van der Waals surface area contributed by atoms with Crippen LogP contribution >= 0.6 is 0 Å². The van der Waals surface area contributed by atoms with Gasteiger partial charge in [-0.05, 0) is 57.5 Å². The summed E-state index contributed by atoms with van der Waals surface area (Å²) in [6, 6.07) is 3.84. The van der Waals surface area contributed by atoms with Crippen LogP contribution in [0.15, 0.2) is 0 Å². The third-order valence-electron chi connectivity index (χ3n) is 4.39. The van der Waals surface area contributed by atoms with Gasteiger partial charge in [0, 0.05) is 0 Å². The van der Waals surface area contributed by atoms with Gasteiger partial charge in [0.05, 0.1) is 5.41 Å². The minimum Gasteiger partial charge on any atom is -0.519 e. The van der Waals surface area contributed by atoms with Gasteiger partial charge in [-0.3, -0.25) is 4.79 Å². The van der Waals surface area contributed by atoms with E-state index >= 15 is 0 Å². The summed E-state index contributed by atoms with van der Waals surface area (Å²) >= 11 is 0. The summed E-state index contributed by atoms with van der Waals surface area (Å²) in [5.74, 6) is -0.0351. The summed E-state index contributed by atoms with van der Waals surface area (Å²) in [6.45, 7) is 14.3. The molecule has 0 atom stereocenters. The van der Waals surface area contributed by atoms with E-state index in [0.717, 1.165) is 37.0 Å². The quantitative estimate of drug-likeness (QED) is 0.635. The molecule has 120 valence electrons. The van der Waals surface area contributed by atoms with Crippen molar-refractivity contribution in [3.05, 3.63) is 0 Å². The van der Waals surface area contributed by atoms with E-state index in [1.54, 1.807) is 0 Å². The lowest BCUT2D eigenvalue weighted by Crippen LogP contribution is -2.42. The van der Waals surface area contributed by atoms with Crippen molar-refractivity contribution in [3.8, 4) is 0 Å². The Morgan fingerprint density at radius 1 is 1.10 bits per heavy atom. The van der Waals surface area contributed by atoms with Crippen LogP contribution in [0.25, 0.3) is 0 Å².